The summed E-state index contributed by atoms with van der Waals surface area (Å²) in [6.07, 6.45) is 2.97. The first kappa shape index (κ1) is 12.6. The number of ether oxygens (including phenoxy) is 1. The topological polar surface area (TPSA) is 37.6 Å². The number of rotatable bonds is 5. The van der Waals surface area contributed by atoms with E-state index in [1.807, 2.05) is 13.3 Å². The highest BCUT2D eigenvalue weighted by molar-refractivity contribution is 5.12. The van der Waals surface area contributed by atoms with Crippen molar-refractivity contribution in [1.82, 2.24) is 10.2 Å². The van der Waals surface area contributed by atoms with Gasteiger partial charge >= 0.3 is 0 Å². The van der Waals surface area contributed by atoms with E-state index < -0.39 is 0 Å². The maximum atomic E-state index is 5.59. The second-order valence-corrected chi connectivity index (χ2v) is 4.56. The molecule has 2 rings (SSSR count). The molecule has 1 aliphatic rings. The molecule has 0 aromatic carbocycles. The molecule has 4 heteroatoms. The molecular weight excluding hydrogens is 216 g/mol. The maximum Gasteiger partial charge on any atom is 0.118 e. The number of nitrogens with zero attached hydrogens (tertiary/aromatic N) is 1. The van der Waals surface area contributed by atoms with Gasteiger partial charge in [-0.1, -0.05) is 6.92 Å². The van der Waals surface area contributed by atoms with Gasteiger partial charge in [-0.25, -0.2) is 0 Å². The van der Waals surface area contributed by atoms with Crippen molar-refractivity contribution in [1.29, 1.82) is 0 Å². The molecule has 0 aliphatic carbocycles. The van der Waals surface area contributed by atoms with Crippen LogP contribution < -0.4 is 5.32 Å². The first-order valence-corrected chi connectivity index (χ1v) is 6.36. The Labute approximate surface area is 103 Å². The zero-order chi connectivity index (χ0) is 12.1. The van der Waals surface area contributed by atoms with Crippen LogP contribution in [0.1, 0.15) is 24.7 Å². The van der Waals surface area contributed by atoms with Crippen LogP contribution >= 0.6 is 0 Å². The molecule has 1 saturated heterocycles. The van der Waals surface area contributed by atoms with E-state index in [0.717, 1.165) is 45.0 Å². The van der Waals surface area contributed by atoms with Gasteiger partial charge in [-0.2, -0.15) is 0 Å². The quantitative estimate of drug-likeness (QED) is 0.845. The van der Waals surface area contributed by atoms with E-state index in [1.165, 1.54) is 5.56 Å². The minimum absolute atomic E-state index is 0.529. The summed E-state index contributed by atoms with van der Waals surface area (Å²) in [6.45, 7) is 6.65. The largest absolute Gasteiger partial charge is 0.468 e. The van der Waals surface area contributed by atoms with Crippen LogP contribution in [0.2, 0.25) is 0 Å². The highest BCUT2D eigenvalue weighted by atomic mass is 16.5. The van der Waals surface area contributed by atoms with Crippen LogP contribution in [-0.4, -0.2) is 37.7 Å². The number of hydrogen-bond donors (Lipinski definition) is 1. The molecule has 4 nitrogen and oxygen atoms in total. The number of hydrogen-bond acceptors (Lipinski definition) is 4. The predicted molar refractivity (Wildman–Crippen MR) is 66.8 cm³/mol. The average Bonchev–Trinajstić information content (AvgIpc) is 2.78. The molecule has 0 spiro atoms. The van der Waals surface area contributed by atoms with Crippen molar-refractivity contribution in [2.24, 2.45) is 0 Å². The molecule has 0 radical (unpaired) electrons. The third-order valence-corrected chi connectivity index (χ3v) is 3.27. The molecule has 1 aromatic rings. The minimum atomic E-state index is 0.529. The second-order valence-electron chi connectivity index (χ2n) is 4.56. The third kappa shape index (κ3) is 3.31. The molecule has 17 heavy (non-hydrogen) atoms. The van der Waals surface area contributed by atoms with Crippen molar-refractivity contribution in [3.05, 3.63) is 23.7 Å². The molecule has 2 heterocycles. The highest BCUT2D eigenvalue weighted by Crippen LogP contribution is 2.16. The monoisotopic (exact) mass is 238 g/mol. The molecule has 1 fully saturated rings. The van der Waals surface area contributed by atoms with E-state index in [1.54, 1.807) is 0 Å². The lowest BCUT2D eigenvalue weighted by molar-refractivity contribution is -0.0153. The molecule has 0 saturated carbocycles. The van der Waals surface area contributed by atoms with E-state index in [9.17, 15) is 0 Å². The Morgan fingerprint density at radius 3 is 3.18 bits per heavy atom. The third-order valence-electron chi connectivity index (χ3n) is 3.27. The molecule has 1 atom stereocenters. The average molecular weight is 238 g/mol. The summed E-state index contributed by atoms with van der Waals surface area (Å²) in [4.78, 5) is 2.45. The van der Waals surface area contributed by atoms with E-state index >= 15 is 0 Å². The van der Waals surface area contributed by atoms with Gasteiger partial charge in [0.05, 0.1) is 26.0 Å². The maximum absolute atomic E-state index is 5.59. The Morgan fingerprint density at radius 2 is 2.41 bits per heavy atom. The van der Waals surface area contributed by atoms with Gasteiger partial charge in [0, 0.05) is 24.7 Å². The van der Waals surface area contributed by atoms with Crippen molar-refractivity contribution in [3.63, 3.8) is 0 Å². The van der Waals surface area contributed by atoms with Gasteiger partial charge in [-0.3, -0.25) is 4.90 Å². The van der Waals surface area contributed by atoms with Crippen LogP contribution in [0.3, 0.4) is 0 Å². The first-order chi connectivity index (χ1) is 8.33. The second kappa shape index (κ2) is 6.19. The van der Waals surface area contributed by atoms with E-state index in [4.69, 9.17) is 9.15 Å². The van der Waals surface area contributed by atoms with Crippen LogP contribution in [0.4, 0.5) is 0 Å². The standard InChI is InChI=1S/C13H22N2O2/c1-3-12-10-16-5-4-15(12)8-13-6-11(7-14-2)9-17-13/h6,9,12,14H,3-5,7-8,10H2,1-2H3. The van der Waals surface area contributed by atoms with Crippen LogP contribution in [-0.2, 0) is 17.8 Å². The summed E-state index contributed by atoms with van der Waals surface area (Å²) in [5, 5.41) is 3.13. The zero-order valence-corrected chi connectivity index (χ0v) is 10.7. The SMILES string of the molecule is CCC1COCCN1Cc1cc(CNC)co1. The van der Waals surface area contributed by atoms with Crippen LogP contribution in [0.25, 0.3) is 0 Å². The molecular formula is C13H22N2O2. The van der Waals surface area contributed by atoms with Crippen LogP contribution in [0.5, 0.6) is 0 Å². The van der Waals surface area contributed by atoms with Crippen molar-refractivity contribution >= 4 is 0 Å². The van der Waals surface area contributed by atoms with Gasteiger partial charge < -0.3 is 14.5 Å². The van der Waals surface area contributed by atoms with Crippen molar-refractivity contribution in [2.45, 2.75) is 32.5 Å². The summed E-state index contributed by atoms with van der Waals surface area (Å²) in [7, 11) is 1.95. The van der Waals surface area contributed by atoms with Crippen molar-refractivity contribution in [3.8, 4) is 0 Å². The molecule has 0 bridgehead atoms. The Hall–Kier alpha value is -0.840. The van der Waals surface area contributed by atoms with Gasteiger partial charge in [-0.15, -0.1) is 0 Å². The molecule has 1 unspecified atom stereocenters. The summed E-state index contributed by atoms with van der Waals surface area (Å²) in [5.41, 5.74) is 1.21. The van der Waals surface area contributed by atoms with Gasteiger partial charge in [0.1, 0.15) is 5.76 Å². The fourth-order valence-corrected chi connectivity index (χ4v) is 2.28. The predicted octanol–water partition coefficient (Wildman–Crippen LogP) is 1.61. The van der Waals surface area contributed by atoms with E-state index in [2.05, 4.69) is 23.2 Å². The highest BCUT2D eigenvalue weighted by Gasteiger charge is 2.22. The lowest BCUT2D eigenvalue weighted by atomic mass is 10.1. The van der Waals surface area contributed by atoms with Crippen molar-refractivity contribution in [2.75, 3.05) is 26.8 Å². The minimum Gasteiger partial charge on any atom is -0.468 e. The van der Waals surface area contributed by atoms with Crippen LogP contribution in [0.15, 0.2) is 16.7 Å². The Kier molecular flexibility index (Phi) is 4.59. The molecule has 1 aliphatic heterocycles. The Morgan fingerprint density at radius 1 is 1.53 bits per heavy atom. The van der Waals surface area contributed by atoms with Crippen molar-refractivity contribution < 1.29 is 9.15 Å². The molecule has 1 aromatic heterocycles. The van der Waals surface area contributed by atoms with E-state index in [-0.39, 0.29) is 0 Å². The Balaban J connectivity index is 1.93. The number of nitrogens with one attached hydrogen (secondary N) is 1. The van der Waals surface area contributed by atoms with E-state index in [0.29, 0.717) is 6.04 Å². The molecule has 1 N–H and O–H groups in total. The van der Waals surface area contributed by atoms with Gasteiger partial charge in [0.25, 0.3) is 0 Å². The number of furan rings is 1. The summed E-state index contributed by atoms with van der Waals surface area (Å²) in [5.74, 6) is 1.05. The summed E-state index contributed by atoms with van der Waals surface area (Å²) < 4.78 is 11.1. The fraction of sp³-hybridized carbons (Fsp3) is 0.692. The zero-order valence-electron chi connectivity index (χ0n) is 10.7. The first-order valence-electron chi connectivity index (χ1n) is 6.36. The lowest BCUT2D eigenvalue weighted by Crippen LogP contribution is -2.44. The summed E-state index contributed by atoms with van der Waals surface area (Å²) in [6, 6.07) is 2.67. The normalized spacial score (nSPS) is 21.9. The number of morpholine rings is 1. The van der Waals surface area contributed by atoms with Crippen LogP contribution in [0, 0.1) is 0 Å². The molecule has 0 amide bonds. The van der Waals surface area contributed by atoms with Gasteiger partial charge in [-0.05, 0) is 19.5 Å². The molecule has 96 valence electrons. The lowest BCUT2D eigenvalue weighted by Gasteiger charge is -2.34. The summed E-state index contributed by atoms with van der Waals surface area (Å²) >= 11 is 0. The van der Waals surface area contributed by atoms with Gasteiger partial charge in [0.15, 0.2) is 0 Å². The van der Waals surface area contributed by atoms with Gasteiger partial charge in [0.2, 0.25) is 0 Å². The smallest absolute Gasteiger partial charge is 0.118 e. The Bertz CT molecular complexity index is 338. The fourth-order valence-electron chi connectivity index (χ4n) is 2.28.